The molecule has 0 fully saturated rings. The van der Waals surface area contributed by atoms with Crippen LogP contribution >= 0.6 is 11.6 Å². The van der Waals surface area contributed by atoms with Gasteiger partial charge in [-0.25, -0.2) is 0 Å². The molecule has 1 atom stereocenters. The van der Waals surface area contributed by atoms with Gasteiger partial charge < -0.3 is 5.11 Å². The highest BCUT2D eigenvalue weighted by molar-refractivity contribution is 7.85. The molecule has 1 aromatic rings. The Morgan fingerprint density at radius 1 is 1.35 bits per heavy atom. The van der Waals surface area contributed by atoms with E-state index in [1.165, 1.54) is 0 Å². The third kappa shape index (κ3) is 6.02. The van der Waals surface area contributed by atoms with Gasteiger partial charge in [0.15, 0.2) is 0 Å². The van der Waals surface area contributed by atoms with E-state index in [-0.39, 0.29) is 19.1 Å². The van der Waals surface area contributed by atoms with Gasteiger partial charge in [0.05, 0.1) is 12.9 Å². The molecule has 96 valence electrons. The first kappa shape index (κ1) is 14.4. The van der Waals surface area contributed by atoms with Gasteiger partial charge in [-0.15, -0.1) is 0 Å². The SMILES string of the molecule is CS(=O)(=O)OC[C@H](CO)Cc1ccc(Cl)cc1. The second-order valence-corrected chi connectivity index (χ2v) is 5.95. The molecule has 0 saturated heterocycles. The summed E-state index contributed by atoms with van der Waals surface area (Å²) in [6, 6.07) is 7.18. The summed E-state index contributed by atoms with van der Waals surface area (Å²) >= 11 is 5.75. The van der Waals surface area contributed by atoms with E-state index >= 15 is 0 Å². The summed E-state index contributed by atoms with van der Waals surface area (Å²) in [6.07, 6.45) is 1.53. The molecule has 0 radical (unpaired) electrons. The maximum absolute atomic E-state index is 10.8. The van der Waals surface area contributed by atoms with Crippen molar-refractivity contribution in [1.82, 2.24) is 0 Å². The van der Waals surface area contributed by atoms with E-state index < -0.39 is 10.1 Å². The molecule has 17 heavy (non-hydrogen) atoms. The molecular weight excluding hydrogens is 264 g/mol. The van der Waals surface area contributed by atoms with Gasteiger partial charge in [-0.05, 0) is 24.1 Å². The molecule has 4 nitrogen and oxygen atoms in total. The standard InChI is InChI=1S/C11H15ClO4S/c1-17(14,15)16-8-10(7-13)6-9-2-4-11(12)5-3-9/h2-5,10,13H,6-8H2,1H3/t10-/m0/s1. The van der Waals surface area contributed by atoms with Crippen molar-refractivity contribution in [3.63, 3.8) is 0 Å². The topological polar surface area (TPSA) is 63.6 Å². The van der Waals surface area contributed by atoms with Crippen molar-refractivity contribution in [2.24, 2.45) is 5.92 Å². The highest BCUT2D eigenvalue weighted by Gasteiger charge is 2.12. The normalized spacial score (nSPS) is 13.6. The van der Waals surface area contributed by atoms with Crippen LogP contribution in [-0.4, -0.2) is 33.0 Å². The number of aliphatic hydroxyl groups is 1. The van der Waals surface area contributed by atoms with E-state index in [1.54, 1.807) is 12.1 Å². The third-order valence-corrected chi connectivity index (χ3v) is 3.03. The predicted octanol–water partition coefficient (Wildman–Crippen LogP) is 1.47. The quantitative estimate of drug-likeness (QED) is 0.801. The van der Waals surface area contributed by atoms with Gasteiger partial charge >= 0.3 is 0 Å². The van der Waals surface area contributed by atoms with Crippen LogP contribution in [0.2, 0.25) is 5.02 Å². The highest BCUT2D eigenvalue weighted by atomic mass is 35.5. The van der Waals surface area contributed by atoms with Crippen LogP contribution in [0.3, 0.4) is 0 Å². The molecule has 0 unspecified atom stereocenters. The van der Waals surface area contributed by atoms with Crippen LogP contribution in [0.25, 0.3) is 0 Å². The fourth-order valence-corrected chi connectivity index (χ4v) is 1.92. The second-order valence-electron chi connectivity index (χ2n) is 3.87. The van der Waals surface area contributed by atoms with E-state index in [9.17, 15) is 8.42 Å². The Morgan fingerprint density at radius 2 is 1.94 bits per heavy atom. The minimum absolute atomic E-state index is 0.0159. The summed E-state index contributed by atoms with van der Waals surface area (Å²) in [5.41, 5.74) is 0.977. The number of benzene rings is 1. The summed E-state index contributed by atoms with van der Waals surface area (Å²) in [4.78, 5) is 0. The maximum atomic E-state index is 10.8. The Labute approximate surface area is 106 Å². The Balaban J connectivity index is 2.55. The fourth-order valence-electron chi connectivity index (χ4n) is 1.35. The lowest BCUT2D eigenvalue weighted by atomic mass is 10.0. The van der Waals surface area contributed by atoms with Crippen LogP contribution in [0.5, 0.6) is 0 Å². The van der Waals surface area contributed by atoms with E-state index in [0.717, 1.165) is 11.8 Å². The molecule has 0 aliphatic carbocycles. The lowest BCUT2D eigenvalue weighted by molar-refractivity contribution is 0.167. The molecule has 6 heteroatoms. The molecule has 0 aliphatic heterocycles. The van der Waals surface area contributed by atoms with E-state index in [4.69, 9.17) is 16.7 Å². The van der Waals surface area contributed by atoms with Gasteiger partial charge in [0, 0.05) is 17.5 Å². The summed E-state index contributed by atoms with van der Waals surface area (Å²) < 4.78 is 26.3. The predicted molar refractivity (Wildman–Crippen MR) is 66.5 cm³/mol. The average molecular weight is 279 g/mol. The van der Waals surface area contributed by atoms with Crippen molar-refractivity contribution in [1.29, 1.82) is 0 Å². The van der Waals surface area contributed by atoms with Crippen molar-refractivity contribution in [3.05, 3.63) is 34.9 Å². The minimum atomic E-state index is -3.46. The number of halogens is 1. The summed E-state index contributed by atoms with van der Waals surface area (Å²) in [7, 11) is -3.46. The van der Waals surface area contributed by atoms with Crippen molar-refractivity contribution in [3.8, 4) is 0 Å². The van der Waals surface area contributed by atoms with E-state index in [0.29, 0.717) is 11.4 Å². The van der Waals surface area contributed by atoms with Crippen LogP contribution in [0, 0.1) is 5.92 Å². The molecule has 0 heterocycles. The third-order valence-electron chi connectivity index (χ3n) is 2.21. The summed E-state index contributed by atoms with van der Waals surface area (Å²) in [5, 5.41) is 9.78. The first-order valence-corrected chi connectivity index (χ1v) is 7.30. The minimum Gasteiger partial charge on any atom is -0.396 e. The molecular formula is C11H15ClO4S. The van der Waals surface area contributed by atoms with Crippen LogP contribution < -0.4 is 0 Å². The van der Waals surface area contributed by atoms with Gasteiger partial charge in [0.2, 0.25) is 0 Å². The molecule has 1 N–H and O–H groups in total. The lowest BCUT2D eigenvalue weighted by Gasteiger charge is -2.13. The molecule has 0 bridgehead atoms. The first-order chi connectivity index (χ1) is 7.90. The fraction of sp³-hybridized carbons (Fsp3) is 0.455. The van der Waals surface area contributed by atoms with Crippen molar-refractivity contribution in [2.75, 3.05) is 19.5 Å². The summed E-state index contributed by atoms with van der Waals surface area (Å²) in [5.74, 6) is -0.245. The van der Waals surface area contributed by atoms with Crippen LogP contribution in [-0.2, 0) is 20.7 Å². The Hall–Kier alpha value is -0.620. The Bertz CT molecular complexity index is 441. The number of aliphatic hydroxyl groups excluding tert-OH is 1. The average Bonchev–Trinajstić information content (AvgIpc) is 2.25. The molecule has 0 spiro atoms. The van der Waals surface area contributed by atoms with Gasteiger partial charge in [-0.3, -0.25) is 4.18 Å². The molecule has 0 aliphatic rings. The Kier molecular flexibility index (Phi) is 5.39. The molecule has 1 aromatic carbocycles. The number of hydrogen-bond acceptors (Lipinski definition) is 4. The second kappa shape index (κ2) is 6.35. The van der Waals surface area contributed by atoms with E-state index in [2.05, 4.69) is 4.18 Å². The van der Waals surface area contributed by atoms with Gasteiger partial charge in [0.25, 0.3) is 10.1 Å². The van der Waals surface area contributed by atoms with Crippen molar-refractivity contribution in [2.45, 2.75) is 6.42 Å². The Morgan fingerprint density at radius 3 is 2.41 bits per heavy atom. The van der Waals surface area contributed by atoms with Crippen LogP contribution in [0.15, 0.2) is 24.3 Å². The smallest absolute Gasteiger partial charge is 0.264 e. The molecule has 0 aromatic heterocycles. The van der Waals surface area contributed by atoms with Gasteiger partial charge in [-0.2, -0.15) is 8.42 Å². The molecule has 1 rings (SSSR count). The van der Waals surface area contributed by atoms with Crippen molar-refractivity contribution < 1.29 is 17.7 Å². The number of hydrogen-bond donors (Lipinski definition) is 1. The zero-order chi connectivity index (χ0) is 12.9. The number of rotatable bonds is 6. The highest BCUT2D eigenvalue weighted by Crippen LogP contribution is 2.14. The molecule has 0 amide bonds. The lowest BCUT2D eigenvalue weighted by Crippen LogP contribution is -2.19. The van der Waals surface area contributed by atoms with Crippen LogP contribution in [0.4, 0.5) is 0 Å². The van der Waals surface area contributed by atoms with Crippen LogP contribution in [0.1, 0.15) is 5.56 Å². The zero-order valence-corrected chi connectivity index (χ0v) is 11.0. The van der Waals surface area contributed by atoms with Gasteiger partial charge in [0.1, 0.15) is 0 Å². The largest absolute Gasteiger partial charge is 0.396 e. The maximum Gasteiger partial charge on any atom is 0.264 e. The van der Waals surface area contributed by atoms with Crippen molar-refractivity contribution >= 4 is 21.7 Å². The molecule has 0 saturated carbocycles. The zero-order valence-electron chi connectivity index (χ0n) is 9.47. The monoisotopic (exact) mass is 278 g/mol. The van der Waals surface area contributed by atoms with Gasteiger partial charge in [-0.1, -0.05) is 23.7 Å². The summed E-state index contributed by atoms with van der Waals surface area (Å²) in [6.45, 7) is -0.143. The first-order valence-electron chi connectivity index (χ1n) is 5.10. The van der Waals surface area contributed by atoms with E-state index in [1.807, 2.05) is 12.1 Å².